The lowest BCUT2D eigenvalue weighted by Gasteiger charge is -2.41. The van der Waals surface area contributed by atoms with E-state index in [2.05, 4.69) is 9.97 Å². The van der Waals surface area contributed by atoms with Gasteiger partial charge in [-0.05, 0) is 55.3 Å². The van der Waals surface area contributed by atoms with Gasteiger partial charge in [-0.3, -0.25) is 9.20 Å². The number of aryl methyl sites for hydroxylation is 1. The third-order valence-electron chi connectivity index (χ3n) is 6.94. The quantitative estimate of drug-likeness (QED) is 0.438. The lowest BCUT2D eigenvalue weighted by Crippen LogP contribution is -2.50. The maximum Gasteiger partial charge on any atom is 0.416 e. The molecule has 3 heterocycles. The van der Waals surface area contributed by atoms with Crippen molar-refractivity contribution in [1.82, 2.24) is 19.3 Å². The Morgan fingerprint density at radius 3 is 2.77 bits per heavy atom. The number of imidazole rings is 1. The summed E-state index contributed by atoms with van der Waals surface area (Å²) >= 11 is 0. The number of alkyl halides is 3. The number of benzene rings is 2. The molecule has 1 amide bonds. The number of ether oxygens (including phenoxy) is 1. The van der Waals surface area contributed by atoms with E-state index in [4.69, 9.17) is 10.5 Å². The minimum atomic E-state index is -4.42. The number of rotatable bonds is 1. The summed E-state index contributed by atoms with van der Waals surface area (Å²) in [5.41, 5.74) is 9.87. The average Bonchev–Trinajstić information content (AvgIpc) is 3.37. The maximum atomic E-state index is 13.8. The highest BCUT2D eigenvalue weighted by Crippen LogP contribution is 2.44. The average molecular weight is 481 g/mol. The predicted octanol–water partition coefficient (Wildman–Crippen LogP) is 4.32. The summed E-state index contributed by atoms with van der Waals surface area (Å²) in [6.07, 6.45) is -3.09. The zero-order valence-electron chi connectivity index (χ0n) is 19.0. The molecule has 0 saturated carbocycles. The number of carbonyl (C=O) groups is 1. The molecule has 1 fully saturated rings. The molecule has 4 aromatic rings. The van der Waals surface area contributed by atoms with E-state index in [0.29, 0.717) is 52.0 Å². The first kappa shape index (κ1) is 21.8. The zero-order chi connectivity index (χ0) is 24.6. The number of nitrogens with zero attached hydrogens (tertiary/aromatic N) is 4. The lowest BCUT2D eigenvalue weighted by molar-refractivity contribution is -0.137. The van der Waals surface area contributed by atoms with Crippen LogP contribution in [0, 0.1) is 6.92 Å². The van der Waals surface area contributed by atoms with Crippen molar-refractivity contribution in [2.24, 2.45) is 0 Å². The Labute approximate surface area is 198 Å². The molecule has 10 heteroatoms. The number of anilines is 1. The van der Waals surface area contributed by atoms with Crippen molar-refractivity contribution in [3.8, 4) is 0 Å². The topological polar surface area (TPSA) is 85.8 Å². The number of morpholine rings is 1. The first-order valence-corrected chi connectivity index (χ1v) is 11.3. The van der Waals surface area contributed by atoms with Crippen LogP contribution in [0.15, 0.2) is 42.7 Å². The second-order valence-electron chi connectivity index (χ2n) is 9.25. The van der Waals surface area contributed by atoms with Gasteiger partial charge in [-0.1, -0.05) is 6.07 Å². The maximum absolute atomic E-state index is 13.8. The molecule has 7 nitrogen and oxygen atoms in total. The molecule has 0 bridgehead atoms. The molecule has 2 aliphatic rings. The van der Waals surface area contributed by atoms with E-state index in [1.807, 2.05) is 18.2 Å². The minimum absolute atomic E-state index is 0.216. The van der Waals surface area contributed by atoms with Crippen LogP contribution in [0.5, 0.6) is 0 Å². The lowest BCUT2D eigenvalue weighted by atomic mass is 10.0. The molecule has 1 aliphatic heterocycles. The van der Waals surface area contributed by atoms with Gasteiger partial charge in [0.2, 0.25) is 0 Å². The van der Waals surface area contributed by atoms with Gasteiger partial charge >= 0.3 is 6.18 Å². The molecular weight excluding hydrogens is 459 g/mol. The molecule has 2 aromatic heterocycles. The molecule has 0 unspecified atom stereocenters. The van der Waals surface area contributed by atoms with Gasteiger partial charge in [0.15, 0.2) is 0 Å². The fourth-order valence-electron chi connectivity index (χ4n) is 5.43. The number of carbonyl (C=O) groups excluding carboxylic acids is 1. The Hall–Kier alpha value is -3.66. The van der Waals surface area contributed by atoms with Crippen LogP contribution in [-0.4, -0.2) is 43.9 Å². The molecule has 2 N–H and O–H groups in total. The highest BCUT2D eigenvalue weighted by atomic mass is 19.4. The third kappa shape index (κ3) is 3.35. The molecule has 1 aliphatic carbocycles. The Morgan fingerprint density at radius 2 is 2.00 bits per heavy atom. The zero-order valence-corrected chi connectivity index (χ0v) is 19.0. The van der Waals surface area contributed by atoms with Gasteiger partial charge in [0.05, 0.1) is 40.5 Å². The summed E-state index contributed by atoms with van der Waals surface area (Å²) in [5, 5.41) is 0. The first-order chi connectivity index (χ1) is 16.6. The highest BCUT2D eigenvalue weighted by Gasteiger charge is 2.45. The molecule has 180 valence electrons. The highest BCUT2D eigenvalue weighted by molar-refractivity contribution is 5.98. The van der Waals surface area contributed by atoms with Gasteiger partial charge in [0, 0.05) is 18.5 Å². The number of aromatic nitrogens is 3. The fourth-order valence-corrected chi connectivity index (χ4v) is 5.43. The molecule has 2 aromatic carbocycles. The van der Waals surface area contributed by atoms with Crippen LogP contribution in [0.3, 0.4) is 0 Å². The molecule has 6 rings (SSSR count). The smallest absolute Gasteiger partial charge is 0.382 e. The predicted molar refractivity (Wildman–Crippen MR) is 123 cm³/mol. The number of amides is 1. The summed E-state index contributed by atoms with van der Waals surface area (Å²) in [5.74, 6) is 0.142. The van der Waals surface area contributed by atoms with E-state index in [1.54, 1.807) is 29.4 Å². The van der Waals surface area contributed by atoms with Gasteiger partial charge in [-0.15, -0.1) is 0 Å². The van der Waals surface area contributed by atoms with Crippen LogP contribution < -0.4 is 5.73 Å². The number of hydrogen-bond donors (Lipinski definition) is 1. The number of halogens is 3. The van der Waals surface area contributed by atoms with Gasteiger partial charge in [-0.2, -0.15) is 13.2 Å². The Morgan fingerprint density at radius 1 is 1.20 bits per heavy atom. The normalized spacial score (nSPS) is 22.0. The first-order valence-electron chi connectivity index (χ1n) is 11.3. The molecule has 3 atom stereocenters. The molecule has 1 saturated heterocycles. The van der Waals surface area contributed by atoms with E-state index >= 15 is 0 Å². The van der Waals surface area contributed by atoms with Crippen molar-refractivity contribution in [1.29, 1.82) is 0 Å². The minimum Gasteiger partial charge on any atom is -0.382 e. The van der Waals surface area contributed by atoms with Gasteiger partial charge < -0.3 is 15.4 Å². The van der Waals surface area contributed by atoms with Crippen LogP contribution in [0.25, 0.3) is 16.6 Å². The SMILES string of the molecule is Cc1ncn2c1c(N)nc1ccc(C(=O)N3C[C@@H](C)O[C@@H]4Cc5cc(C(F)(F)F)ccc5[C@@H]43)cc12. The third-order valence-corrected chi connectivity index (χ3v) is 6.94. The van der Waals surface area contributed by atoms with Gasteiger partial charge in [0.1, 0.15) is 17.7 Å². The van der Waals surface area contributed by atoms with Crippen molar-refractivity contribution >= 4 is 28.3 Å². The molecule has 0 spiro atoms. The summed E-state index contributed by atoms with van der Waals surface area (Å²) in [4.78, 5) is 24.3. The van der Waals surface area contributed by atoms with Crippen LogP contribution in [-0.2, 0) is 17.3 Å². The van der Waals surface area contributed by atoms with Gasteiger partial charge in [-0.25, -0.2) is 9.97 Å². The molecule has 35 heavy (non-hydrogen) atoms. The molecular formula is C25H22F3N5O2. The van der Waals surface area contributed by atoms with Crippen LogP contribution in [0.1, 0.15) is 45.7 Å². The Bertz CT molecular complexity index is 1510. The fraction of sp³-hybridized carbons (Fsp3) is 0.320. The second-order valence-corrected chi connectivity index (χ2v) is 9.25. The second kappa shape index (κ2) is 7.42. The number of nitrogen functional groups attached to an aromatic ring is 1. The standard InChI is InChI=1S/C25H22F3N5O2/c1-12-10-32(22-17-5-4-16(25(26,27)28)7-15(17)9-20(22)35-12)24(34)14-3-6-18-19(8-14)33-11-30-13(2)21(33)23(29)31-18/h3-8,11-12,20,22H,9-10H2,1-2H3,(H2,29,31)/t12-,20-,22+/m1/s1. The summed E-state index contributed by atoms with van der Waals surface area (Å²) in [6.45, 7) is 4.04. The van der Waals surface area contributed by atoms with Crippen molar-refractivity contribution < 1.29 is 22.7 Å². The van der Waals surface area contributed by atoms with E-state index in [-0.39, 0.29) is 12.0 Å². The number of fused-ring (bicyclic) bond motifs is 6. The largest absolute Gasteiger partial charge is 0.416 e. The monoisotopic (exact) mass is 481 g/mol. The van der Waals surface area contributed by atoms with Crippen LogP contribution in [0.2, 0.25) is 0 Å². The van der Waals surface area contributed by atoms with E-state index < -0.39 is 23.9 Å². The summed E-state index contributed by atoms with van der Waals surface area (Å²) in [6, 6.07) is 8.48. The van der Waals surface area contributed by atoms with E-state index in [9.17, 15) is 18.0 Å². The number of hydrogen-bond acceptors (Lipinski definition) is 5. The van der Waals surface area contributed by atoms with Crippen molar-refractivity contribution in [2.45, 2.75) is 44.7 Å². The van der Waals surface area contributed by atoms with Crippen LogP contribution >= 0.6 is 0 Å². The van der Waals surface area contributed by atoms with Crippen molar-refractivity contribution in [3.05, 3.63) is 70.7 Å². The van der Waals surface area contributed by atoms with Crippen molar-refractivity contribution in [3.63, 3.8) is 0 Å². The Kier molecular flexibility index (Phi) is 4.63. The number of nitrogens with two attached hydrogens (primary N) is 1. The van der Waals surface area contributed by atoms with E-state index in [0.717, 1.165) is 11.8 Å². The van der Waals surface area contributed by atoms with E-state index in [1.165, 1.54) is 12.1 Å². The summed E-state index contributed by atoms with van der Waals surface area (Å²) < 4.78 is 47.7. The summed E-state index contributed by atoms with van der Waals surface area (Å²) in [7, 11) is 0. The van der Waals surface area contributed by atoms with Crippen LogP contribution in [0.4, 0.5) is 19.0 Å². The van der Waals surface area contributed by atoms with Gasteiger partial charge in [0.25, 0.3) is 5.91 Å². The Balaban J connectivity index is 1.42. The molecule has 0 radical (unpaired) electrons. The van der Waals surface area contributed by atoms with Crippen molar-refractivity contribution in [2.75, 3.05) is 12.3 Å².